The van der Waals surface area contributed by atoms with Crippen molar-refractivity contribution in [2.24, 2.45) is 5.92 Å². The number of carbonyl (C=O) groups excluding carboxylic acids is 1. The van der Waals surface area contributed by atoms with Crippen molar-refractivity contribution in [3.63, 3.8) is 0 Å². The number of anilines is 1. The van der Waals surface area contributed by atoms with Crippen molar-refractivity contribution in [2.75, 3.05) is 18.9 Å². The number of rotatable bonds is 3. The van der Waals surface area contributed by atoms with E-state index in [1.165, 1.54) is 0 Å². The quantitative estimate of drug-likeness (QED) is 0.867. The number of likely N-dealkylation sites (tertiary alicyclic amines) is 1. The summed E-state index contributed by atoms with van der Waals surface area (Å²) in [6.45, 7) is 3.95. The highest BCUT2D eigenvalue weighted by molar-refractivity contribution is 5.93. The number of nitrogens with one attached hydrogen (secondary N) is 1. The largest absolute Gasteiger partial charge is 0.481 e. The Hall–Kier alpha value is -2.18. The van der Waals surface area contributed by atoms with Crippen LogP contribution in [0.4, 0.5) is 5.95 Å². The molecule has 0 radical (unpaired) electrons. The minimum atomic E-state index is -0.852. The third-order valence-electron chi connectivity index (χ3n) is 3.79. The van der Waals surface area contributed by atoms with Crippen LogP contribution in [0.5, 0.6) is 0 Å². The maximum absolute atomic E-state index is 12.6. The molecule has 2 N–H and O–H groups in total. The Morgan fingerprint density at radius 1 is 1.38 bits per heavy atom. The lowest BCUT2D eigenvalue weighted by Crippen LogP contribution is -2.47. The molecule has 1 aromatic heterocycles. The molecule has 0 bridgehead atoms. The number of nitrogens with zero attached hydrogens (tertiary/aromatic N) is 3. The van der Waals surface area contributed by atoms with Crippen LogP contribution in [0.3, 0.4) is 0 Å². The smallest absolute Gasteiger partial charge is 0.308 e. The van der Waals surface area contributed by atoms with Crippen molar-refractivity contribution in [3.05, 3.63) is 17.5 Å². The Bertz CT molecular complexity index is 561. The van der Waals surface area contributed by atoms with Gasteiger partial charge in [0.05, 0.1) is 5.92 Å². The first-order valence-corrected chi connectivity index (χ1v) is 6.99. The highest BCUT2D eigenvalue weighted by Gasteiger charge is 2.33. The molecular formula is C14H20N4O3. The summed E-state index contributed by atoms with van der Waals surface area (Å²) in [7, 11) is 1.69. The van der Waals surface area contributed by atoms with Gasteiger partial charge in [-0.05, 0) is 32.8 Å². The van der Waals surface area contributed by atoms with Gasteiger partial charge < -0.3 is 15.3 Å². The summed E-state index contributed by atoms with van der Waals surface area (Å²) < 4.78 is 0. The lowest BCUT2D eigenvalue weighted by Gasteiger charge is -2.36. The predicted molar refractivity (Wildman–Crippen MR) is 77.2 cm³/mol. The lowest BCUT2D eigenvalue weighted by atomic mass is 9.93. The second-order valence-electron chi connectivity index (χ2n) is 5.39. The molecule has 1 aliphatic rings. The molecule has 7 heteroatoms. The molecule has 2 atom stereocenters. The molecule has 0 aromatic carbocycles. The number of aliphatic carboxylic acids is 1. The molecular weight excluding hydrogens is 272 g/mol. The van der Waals surface area contributed by atoms with Gasteiger partial charge in [-0.25, -0.2) is 9.97 Å². The van der Waals surface area contributed by atoms with Crippen LogP contribution in [0.15, 0.2) is 6.07 Å². The Labute approximate surface area is 123 Å². The van der Waals surface area contributed by atoms with Crippen molar-refractivity contribution in [2.45, 2.75) is 32.7 Å². The van der Waals surface area contributed by atoms with E-state index in [4.69, 9.17) is 5.11 Å². The summed E-state index contributed by atoms with van der Waals surface area (Å²) in [5.74, 6) is -1.21. The van der Waals surface area contributed by atoms with E-state index in [0.717, 1.165) is 0 Å². The van der Waals surface area contributed by atoms with E-state index in [9.17, 15) is 9.59 Å². The van der Waals surface area contributed by atoms with Gasteiger partial charge in [-0.3, -0.25) is 9.59 Å². The van der Waals surface area contributed by atoms with Crippen molar-refractivity contribution < 1.29 is 14.7 Å². The molecule has 2 unspecified atom stereocenters. The molecule has 2 rings (SSSR count). The first-order valence-electron chi connectivity index (χ1n) is 6.99. The van der Waals surface area contributed by atoms with Gasteiger partial charge in [0.15, 0.2) is 0 Å². The number of aryl methyl sites for hydroxylation is 1. The fourth-order valence-corrected chi connectivity index (χ4v) is 2.53. The van der Waals surface area contributed by atoms with E-state index in [1.54, 1.807) is 24.9 Å². The van der Waals surface area contributed by atoms with E-state index in [0.29, 0.717) is 30.2 Å². The highest BCUT2D eigenvalue weighted by Crippen LogP contribution is 2.23. The summed E-state index contributed by atoms with van der Waals surface area (Å²) in [6.07, 6.45) is 1.29. The average Bonchev–Trinajstić information content (AvgIpc) is 2.46. The minimum Gasteiger partial charge on any atom is -0.481 e. The average molecular weight is 292 g/mol. The number of piperidine rings is 1. The first kappa shape index (κ1) is 15.2. The molecule has 1 fully saturated rings. The third kappa shape index (κ3) is 3.29. The maximum atomic E-state index is 12.6. The Balaban J connectivity index is 2.25. The van der Waals surface area contributed by atoms with Crippen molar-refractivity contribution in [3.8, 4) is 0 Å². The number of aromatic nitrogens is 2. The van der Waals surface area contributed by atoms with Crippen molar-refractivity contribution >= 4 is 17.8 Å². The standard InChI is InChI=1S/C14H20N4O3/c1-8-6-11(17-14(15-3)16-8)12(19)18-7-10(13(20)21)5-4-9(18)2/h6,9-10H,4-5,7H2,1-3H3,(H,20,21)(H,15,16,17). The van der Waals surface area contributed by atoms with E-state index >= 15 is 0 Å². The van der Waals surface area contributed by atoms with Gasteiger partial charge in [0.1, 0.15) is 5.69 Å². The molecule has 21 heavy (non-hydrogen) atoms. The first-order chi connectivity index (χ1) is 9.92. The predicted octanol–water partition coefficient (Wildman–Crippen LogP) is 1.15. The van der Waals surface area contributed by atoms with Gasteiger partial charge in [0.25, 0.3) is 5.91 Å². The molecule has 0 spiro atoms. The number of carboxylic acids is 1. The molecule has 0 aliphatic carbocycles. The molecule has 114 valence electrons. The van der Waals surface area contributed by atoms with Crippen LogP contribution in [0.25, 0.3) is 0 Å². The van der Waals surface area contributed by atoms with Crippen LogP contribution < -0.4 is 5.32 Å². The second-order valence-corrected chi connectivity index (χ2v) is 5.39. The zero-order valence-electron chi connectivity index (χ0n) is 12.5. The SMILES string of the molecule is CNc1nc(C)cc(C(=O)N2CC(C(=O)O)CCC2C)n1. The van der Waals surface area contributed by atoms with Crippen molar-refractivity contribution in [1.82, 2.24) is 14.9 Å². The summed E-state index contributed by atoms with van der Waals surface area (Å²) in [6, 6.07) is 1.64. The van der Waals surface area contributed by atoms with Crippen LogP contribution >= 0.6 is 0 Å². The fourth-order valence-electron chi connectivity index (χ4n) is 2.53. The fraction of sp³-hybridized carbons (Fsp3) is 0.571. The van der Waals surface area contributed by atoms with Gasteiger partial charge in [-0.1, -0.05) is 0 Å². The molecule has 1 aliphatic heterocycles. The Morgan fingerprint density at radius 3 is 2.71 bits per heavy atom. The van der Waals surface area contributed by atoms with Crippen LogP contribution in [0, 0.1) is 12.8 Å². The zero-order chi connectivity index (χ0) is 15.6. The molecule has 2 heterocycles. The molecule has 1 saturated heterocycles. The van der Waals surface area contributed by atoms with Gasteiger partial charge in [-0.15, -0.1) is 0 Å². The summed E-state index contributed by atoms with van der Waals surface area (Å²) in [4.78, 5) is 33.7. The summed E-state index contributed by atoms with van der Waals surface area (Å²) >= 11 is 0. The zero-order valence-corrected chi connectivity index (χ0v) is 12.5. The number of carbonyl (C=O) groups is 2. The molecule has 1 amide bonds. The monoisotopic (exact) mass is 292 g/mol. The molecule has 0 saturated carbocycles. The summed E-state index contributed by atoms with van der Waals surface area (Å²) in [5, 5.41) is 12.0. The van der Waals surface area contributed by atoms with Crippen LogP contribution in [0.1, 0.15) is 35.9 Å². The van der Waals surface area contributed by atoms with E-state index in [1.807, 2.05) is 6.92 Å². The third-order valence-corrected chi connectivity index (χ3v) is 3.79. The molecule has 1 aromatic rings. The highest BCUT2D eigenvalue weighted by atomic mass is 16.4. The van der Waals surface area contributed by atoms with Gasteiger partial charge in [0, 0.05) is 25.3 Å². The number of carboxylic acid groups (broad SMARTS) is 1. The summed E-state index contributed by atoms with van der Waals surface area (Å²) in [5.41, 5.74) is 0.988. The Kier molecular flexibility index (Phi) is 4.40. The minimum absolute atomic E-state index is 0.0152. The van der Waals surface area contributed by atoms with Gasteiger partial charge >= 0.3 is 5.97 Å². The van der Waals surface area contributed by atoms with E-state index in [2.05, 4.69) is 15.3 Å². The van der Waals surface area contributed by atoms with Crippen LogP contribution in [-0.4, -0.2) is 51.5 Å². The maximum Gasteiger partial charge on any atom is 0.308 e. The lowest BCUT2D eigenvalue weighted by molar-refractivity contribution is -0.143. The Morgan fingerprint density at radius 2 is 2.10 bits per heavy atom. The topological polar surface area (TPSA) is 95.4 Å². The van der Waals surface area contributed by atoms with Crippen LogP contribution in [-0.2, 0) is 4.79 Å². The van der Waals surface area contributed by atoms with Crippen molar-refractivity contribution in [1.29, 1.82) is 0 Å². The number of hydrogen-bond acceptors (Lipinski definition) is 5. The number of hydrogen-bond donors (Lipinski definition) is 2. The number of amides is 1. The normalized spacial score (nSPS) is 22.0. The van der Waals surface area contributed by atoms with Gasteiger partial charge in [-0.2, -0.15) is 0 Å². The van der Waals surface area contributed by atoms with E-state index < -0.39 is 11.9 Å². The molecule has 7 nitrogen and oxygen atoms in total. The van der Waals surface area contributed by atoms with Gasteiger partial charge in [0.2, 0.25) is 5.95 Å². The van der Waals surface area contributed by atoms with E-state index in [-0.39, 0.29) is 18.5 Å². The second kappa shape index (κ2) is 6.07. The van der Waals surface area contributed by atoms with Crippen LogP contribution in [0.2, 0.25) is 0 Å².